The molecule has 0 spiro atoms. The van der Waals surface area contributed by atoms with E-state index in [9.17, 15) is 24.6 Å². The van der Waals surface area contributed by atoms with Gasteiger partial charge in [0.15, 0.2) is 13.9 Å². The number of H-pyrrole nitrogens is 1. The predicted molar refractivity (Wildman–Crippen MR) is 223 cm³/mol. The summed E-state index contributed by atoms with van der Waals surface area (Å²) in [6, 6.07) is 25.3. The number of carboxylic acid groups (broad SMARTS) is 1. The number of aryl methyl sites for hydroxylation is 1. The Kier molecular flexibility index (Phi) is 11.7. The molecule has 1 unspecified atom stereocenters. The first-order valence-electron chi connectivity index (χ1n) is 18.4. The first-order chi connectivity index (χ1) is 26.6. The second-order valence-corrected chi connectivity index (χ2v) is 20.0. The normalized spacial score (nSPS) is 12.8. The highest BCUT2D eigenvalue weighted by atomic mass is 28.4. The number of anilines is 1. The minimum Gasteiger partial charge on any atom is -0.506 e. The Hall–Kier alpha value is -5.89. The zero-order valence-electron chi connectivity index (χ0n) is 32.4. The van der Waals surface area contributed by atoms with Gasteiger partial charge in [0.1, 0.15) is 11.5 Å². The Balaban J connectivity index is 1.19. The lowest BCUT2D eigenvalue weighted by Gasteiger charge is -2.39. The summed E-state index contributed by atoms with van der Waals surface area (Å²) in [5.41, 5.74) is 5.67. The zero-order valence-corrected chi connectivity index (χ0v) is 33.4. The molecule has 56 heavy (non-hydrogen) atoms. The van der Waals surface area contributed by atoms with Crippen molar-refractivity contribution in [2.45, 2.75) is 64.5 Å². The van der Waals surface area contributed by atoms with Crippen molar-refractivity contribution in [1.82, 2.24) is 14.9 Å². The van der Waals surface area contributed by atoms with Gasteiger partial charge < -0.3 is 34.1 Å². The molecule has 2 aromatic heterocycles. The minimum absolute atomic E-state index is 0.0130. The van der Waals surface area contributed by atoms with Crippen LogP contribution in [0.2, 0.25) is 18.1 Å². The summed E-state index contributed by atoms with van der Waals surface area (Å²) in [4.78, 5) is 39.5. The van der Waals surface area contributed by atoms with Gasteiger partial charge in [0.05, 0.1) is 29.9 Å². The molecule has 292 valence electrons. The molecule has 0 aliphatic carbocycles. The third-order valence-corrected chi connectivity index (χ3v) is 14.9. The number of amides is 1. The number of rotatable bonds is 14. The maximum atomic E-state index is 13.1. The standard InChI is InChI=1S/C43H48N4O8Si/c1-43(2,3)56(5,6)55-38(31-17-19-35(48)40-32(31)18-20-39(49)46-40)26-44-25-29-23-37-34(24-36(29)53-4)47(42(52)54-37)21-11-10-12-27-15-16-30(28-13-8-7-9-14-28)33(22-27)45-41(50)51/h7-10,12-20,22-24,38,44-45,48H,11,21,25-26H2,1-6H3,(H,46,49)(H,50,51)/b12-10+. The van der Waals surface area contributed by atoms with Gasteiger partial charge in [0.2, 0.25) is 5.56 Å². The van der Waals surface area contributed by atoms with Crippen LogP contribution in [0.3, 0.4) is 0 Å². The molecule has 0 radical (unpaired) electrons. The summed E-state index contributed by atoms with van der Waals surface area (Å²) in [6.07, 6.45) is 2.78. The van der Waals surface area contributed by atoms with E-state index in [1.165, 1.54) is 6.07 Å². The number of carbonyl (C=O) groups is 1. The summed E-state index contributed by atoms with van der Waals surface area (Å²) in [5.74, 6) is 0.0864. The molecule has 0 fully saturated rings. The molecule has 6 rings (SSSR count). The highest BCUT2D eigenvalue weighted by Gasteiger charge is 2.39. The number of nitrogens with one attached hydrogen (secondary N) is 3. The number of methoxy groups -OCH3 is 1. The number of aromatic nitrogens is 2. The Morgan fingerprint density at radius 3 is 2.50 bits per heavy atom. The fraction of sp³-hybridized carbons (Fsp3) is 0.279. The molecule has 12 nitrogen and oxygen atoms in total. The maximum Gasteiger partial charge on any atom is 0.419 e. The topological polar surface area (TPSA) is 168 Å². The van der Waals surface area contributed by atoms with E-state index in [0.29, 0.717) is 59.5 Å². The number of aromatic hydroxyl groups is 1. The Bertz CT molecular complexity index is 2510. The van der Waals surface area contributed by atoms with Gasteiger partial charge in [-0.15, -0.1) is 0 Å². The van der Waals surface area contributed by atoms with Crippen molar-refractivity contribution in [3.63, 3.8) is 0 Å². The highest BCUT2D eigenvalue weighted by molar-refractivity contribution is 6.74. The number of pyridine rings is 1. The summed E-state index contributed by atoms with van der Waals surface area (Å²) in [7, 11) is -0.705. The van der Waals surface area contributed by atoms with Gasteiger partial charge in [0, 0.05) is 48.3 Å². The lowest BCUT2D eigenvalue weighted by Crippen LogP contribution is -2.43. The van der Waals surface area contributed by atoms with Gasteiger partial charge in [-0.05, 0) is 65.5 Å². The number of benzene rings is 4. The van der Waals surface area contributed by atoms with Gasteiger partial charge in [-0.3, -0.25) is 14.7 Å². The smallest absolute Gasteiger partial charge is 0.419 e. The molecule has 13 heteroatoms. The monoisotopic (exact) mass is 776 g/mol. The van der Waals surface area contributed by atoms with E-state index in [1.807, 2.05) is 66.7 Å². The van der Waals surface area contributed by atoms with Crippen LogP contribution < -0.4 is 26.7 Å². The molecule has 1 atom stereocenters. The molecule has 6 aromatic rings. The van der Waals surface area contributed by atoms with E-state index < -0.39 is 26.3 Å². The van der Waals surface area contributed by atoms with Gasteiger partial charge in [-0.2, -0.15) is 0 Å². The quantitative estimate of drug-likeness (QED) is 0.0679. The molecule has 1 amide bonds. The van der Waals surface area contributed by atoms with E-state index in [-0.39, 0.29) is 16.3 Å². The number of aromatic amines is 1. The Labute approximate surface area is 325 Å². The number of fused-ring (bicyclic) bond motifs is 2. The van der Waals surface area contributed by atoms with Crippen LogP contribution in [-0.2, 0) is 17.5 Å². The van der Waals surface area contributed by atoms with Crippen LogP contribution in [0.4, 0.5) is 10.5 Å². The summed E-state index contributed by atoms with van der Waals surface area (Å²) in [5, 5.41) is 26.6. The van der Waals surface area contributed by atoms with Crippen molar-refractivity contribution in [1.29, 1.82) is 0 Å². The number of phenols is 1. The number of oxazole rings is 1. The fourth-order valence-electron chi connectivity index (χ4n) is 6.47. The molecule has 4 aromatic carbocycles. The van der Waals surface area contributed by atoms with Gasteiger partial charge in [-0.1, -0.05) is 81.5 Å². The molecule has 5 N–H and O–H groups in total. The van der Waals surface area contributed by atoms with Crippen molar-refractivity contribution < 1.29 is 28.6 Å². The van der Waals surface area contributed by atoms with Crippen LogP contribution in [-0.4, -0.2) is 47.8 Å². The second-order valence-electron chi connectivity index (χ2n) is 15.2. The molecule has 2 heterocycles. The highest BCUT2D eigenvalue weighted by Crippen LogP contribution is 2.41. The van der Waals surface area contributed by atoms with Crippen LogP contribution in [0.15, 0.2) is 105 Å². The molecule has 0 saturated heterocycles. The van der Waals surface area contributed by atoms with E-state index in [2.05, 4.69) is 49.5 Å². The number of phenolic OH excluding ortho intramolecular Hbond substituents is 1. The number of ether oxygens (including phenoxy) is 1. The maximum absolute atomic E-state index is 13.1. The van der Waals surface area contributed by atoms with Crippen LogP contribution >= 0.6 is 0 Å². The first kappa shape index (κ1) is 39.8. The van der Waals surface area contributed by atoms with E-state index >= 15 is 0 Å². The van der Waals surface area contributed by atoms with Gasteiger partial charge in [0.25, 0.3) is 0 Å². The predicted octanol–water partition coefficient (Wildman–Crippen LogP) is 8.86. The third kappa shape index (κ3) is 8.81. The Morgan fingerprint density at radius 2 is 1.79 bits per heavy atom. The lowest BCUT2D eigenvalue weighted by atomic mass is 10.0. The van der Waals surface area contributed by atoms with E-state index in [0.717, 1.165) is 27.8 Å². The second kappa shape index (κ2) is 16.5. The Morgan fingerprint density at radius 1 is 1.02 bits per heavy atom. The molecule has 0 saturated carbocycles. The molecule has 0 aliphatic heterocycles. The van der Waals surface area contributed by atoms with E-state index in [1.54, 1.807) is 35.9 Å². The molecule has 0 aliphatic rings. The molecular weight excluding hydrogens is 729 g/mol. The largest absolute Gasteiger partial charge is 0.506 e. The van der Waals surface area contributed by atoms with Crippen LogP contribution in [0.25, 0.3) is 39.2 Å². The van der Waals surface area contributed by atoms with Crippen LogP contribution in [0, 0.1) is 0 Å². The van der Waals surface area contributed by atoms with Crippen molar-refractivity contribution in [3.8, 4) is 22.6 Å². The number of allylic oxidation sites excluding steroid dienone is 1. The van der Waals surface area contributed by atoms with Crippen molar-refractivity contribution in [2.75, 3.05) is 19.0 Å². The molecule has 0 bridgehead atoms. The zero-order chi connectivity index (χ0) is 40.2. The summed E-state index contributed by atoms with van der Waals surface area (Å²) in [6.45, 7) is 12.0. The molecular formula is C43H48N4O8Si. The number of nitrogens with zero attached hydrogens (tertiary/aromatic N) is 1. The first-order valence-corrected chi connectivity index (χ1v) is 21.4. The van der Waals surface area contributed by atoms with Gasteiger partial charge >= 0.3 is 11.8 Å². The van der Waals surface area contributed by atoms with Crippen molar-refractivity contribution in [3.05, 3.63) is 129 Å². The average Bonchev–Trinajstić information content (AvgIpc) is 3.45. The van der Waals surface area contributed by atoms with Crippen molar-refractivity contribution >= 4 is 48.2 Å². The SMILES string of the molecule is COc1cc2c(cc1CNCC(O[Si](C)(C)C(C)(C)C)c1ccc(O)c3[nH]c(=O)ccc13)oc(=O)n2CC/C=C/c1ccc(-c2ccccc2)c(NC(=O)O)c1. The third-order valence-electron chi connectivity index (χ3n) is 10.4. The van der Waals surface area contributed by atoms with Crippen molar-refractivity contribution in [2.24, 2.45) is 0 Å². The number of hydrogen-bond acceptors (Lipinski definition) is 8. The fourth-order valence-corrected chi connectivity index (χ4v) is 7.75. The van der Waals surface area contributed by atoms with E-state index in [4.69, 9.17) is 13.6 Å². The average molecular weight is 777 g/mol. The van der Waals surface area contributed by atoms with Gasteiger partial charge in [-0.25, -0.2) is 9.59 Å². The van der Waals surface area contributed by atoms with Crippen LogP contribution in [0.5, 0.6) is 11.5 Å². The number of hydrogen-bond donors (Lipinski definition) is 5. The minimum atomic E-state index is -2.29. The summed E-state index contributed by atoms with van der Waals surface area (Å²) < 4.78 is 20.0. The summed E-state index contributed by atoms with van der Waals surface area (Å²) >= 11 is 0. The lowest BCUT2D eigenvalue weighted by molar-refractivity contribution is 0.181. The van der Waals surface area contributed by atoms with Crippen LogP contribution in [0.1, 0.15) is 50.0 Å².